The maximum absolute atomic E-state index is 13.1. The van der Waals surface area contributed by atoms with Crippen LogP contribution in [0, 0.1) is 5.92 Å². The van der Waals surface area contributed by atoms with E-state index in [0.717, 1.165) is 29.7 Å². The number of nitrogens with one attached hydrogen (secondary N) is 4. The maximum Gasteiger partial charge on any atom is 0.315 e. The number of rotatable bonds is 15. The van der Waals surface area contributed by atoms with Gasteiger partial charge in [0.1, 0.15) is 6.04 Å². The summed E-state index contributed by atoms with van der Waals surface area (Å²) in [6.45, 7) is 9.45. The number of hydrogen-bond acceptors (Lipinski definition) is 7. The molecule has 1 aliphatic heterocycles. The molecule has 270 valence electrons. The fraction of sp³-hybridized carbons (Fsp3) is 0.368. The average Bonchev–Trinajstić information content (AvgIpc) is 3.13. The number of aliphatic hydroxyl groups excluding tert-OH is 1. The van der Waals surface area contributed by atoms with Gasteiger partial charge in [0.25, 0.3) is 0 Å². The first-order valence-electron chi connectivity index (χ1n) is 17.0. The largest absolute Gasteiger partial charge is 0.399 e. The zero-order chi connectivity index (χ0) is 36.5. The first kappa shape index (κ1) is 39.8. The summed E-state index contributed by atoms with van der Waals surface area (Å²) in [4.78, 5) is 26.1. The van der Waals surface area contributed by atoms with Crippen molar-refractivity contribution in [1.29, 1.82) is 0 Å². The van der Waals surface area contributed by atoms with Crippen molar-refractivity contribution in [2.45, 2.75) is 57.0 Å². The van der Waals surface area contributed by atoms with Gasteiger partial charge in [-0.3, -0.25) is 4.79 Å². The number of dihydropyridines is 1. The Kier molecular flexibility index (Phi) is 16.0. The Morgan fingerprint density at radius 2 is 1.52 bits per heavy atom. The second-order valence-corrected chi connectivity index (χ2v) is 14.4. The van der Waals surface area contributed by atoms with Gasteiger partial charge in [-0.15, -0.1) is 0 Å². The molecule has 3 aromatic rings. The Labute approximate surface area is 297 Å². The van der Waals surface area contributed by atoms with Crippen molar-refractivity contribution in [2.24, 2.45) is 5.92 Å². The third kappa shape index (κ3) is 12.0. The van der Waals surface area contributed by atoms with Crippen molar-refractivity contribution < 1.29 is 23.1 Å². The van der Waals surface area contributed by atoms with Gasteiger partial charge in [-0.05, 0) is 60.2 Å². The minimum Gasteiger partial charge on any atom is -0.399 e. The molecule has 1 heterocycles. The number of nitrogens with two attached hydrogens (primary N) is 1. The number of anilines is 1. The quantitative estimate of drug-likeness (QED) is 0.128. The highest BCUT2D eigenvalue weighted by Crippen LogP contribution is 2.28. The summed E-state index contributed by atoms with van der Waals surface area (Å²) in [5, 5.41) is 21.1. The molecule has 11 nitrogen and oxygen atoms in total. The molecular formula is C38H52N6O5S. The van der Waals surface area contributed by atoms with Crippen molar-refractivity contribution in [3.05, 3.63) is 120 Å². The Bertz CT molecular complexity index is 1610. The van der Waals surface area contributed by atoms with Gasteiger partial charge < -0.3 is 32.1 Å². The second-order valence-electron chi connectivity index (χ2n) is 12.5. The first-order chi connectivity index (χ1) is 24.0. The van der Waals surface area contributed by atoms with Crippen LogP contribution in [0.25, 0.3) is 0 Å². The number of sulfonamides is 1. The smallest absolute Gasteiger partial charge is 0.315 e. The van der Waals surface area contributed by atoms with Crippen LogP contribution in [0.5, 0.6) is 0 Å². The topological polar surface area (TPSA) is 166 Å². The lowest BCUT2D eigenvalue weighted by molar-refractivity contribution is -0.123. The average molecular weight is 705 g/mol. The second kappa shape index (κ2) is 20.1. The third-order valence-corrected chi connectivity index (χ3v) is 9.86. The first-order valence-corrected chi connectivity index (χ1v) is 18.4. The number of benzene rings is 3. The molecule has 50 heavy (non-hydrogen) atoms. The zero-order valence-electron chi connectivity index (χ0n) is 29.4. The molecule has 0 saturated heterocycles. The fourth-order valence-electron chi connectivity index (χ4n) is 5.30. The summed E-state index contributed by atoms with van der Waals surface area (Å²) in [5.74, 6) is -0.342. The standard InChI is InChI=1S/C25H30N4O2.C13H22N2O3S/c1-2-15-27-24(30)23(29-25(31)28-18-19-10-9-16-26-17-19)22(20-11-5-3-6-12-20)21-13-7-4-8-14-21;1-10(2)8-15(11(3)9-16)19(17,18)13-6-4-12(14)5-7-13/h3-14,17,22-23,26H,2,15-16,18H2,1H3,(H,27,30)(H2,28,29,31);4-7,10-11,16H,8-9,14H2,1-3H3/t23-;11-/m00/s1. The Morgan fingerprint density at radius 3 is 2.02 bits per heavy atom. The van der Waals surface area contributed by atoms with Crippen LogP contribution in [0.15, 0.2) is 114 Å². The SMILES string of the molecule is CC(C)CN([C@@H](C)CO)S(=O)(=O)c1ccc(N)cc1.CCCNC(=O)[C@@H](NC(=O)NCC1=CNCC=C1)C(c1ccccc1)c1ccccc1. The molecule has 0 unspecified atom stereocenters. The van der Waals surface area contributed by atoms with E-state index in [9.17, 15) is 23.1 Å². The summed E-state index contributed by atoms with van der Waals surface area (Å²) in [6.07, 6.45) is 6.66. The Morgan fingerprint density at radius 1 is 0.920 bits per heavy atom. The zero-order valence-corrected chi connectivity index (χ0v) is 30.2. The van der Waals surface area contributed by atoms with Gasteiger partial charge in [0.2, 0.25) is 15.9 Å². The van der Waals surface area contributed by atoms with Crippen LogP contribution in [-0.4, -0.2) is 74.6 Å². The molecule has 0 aliphatic carbocycles. The van der Waals surface area contributed by atoms with Crippen LogP contribution in [0.3, 0.4) is 0 Å². The number of amides is 3. The van der Waals surface area contributed by atoms with Crippen LogP contribution in [0.1, 0.15) is 51.2 Å². The monoisotopic (exact) mass is 704 g/mol. The van der Waals surface area contributed by atoms with Crippen LogP contribution < -0.4 is 27.0 Å². The third-order valence-electron chi connectivity index (χ3n) is 7.86. The molecule has 0 fully saturated rings. The molecule has 3 amide bonds. The minimum atomic E-state index is -3.61. The van der Waals surface area contributed by atoms with E-state index in [2.05, 4.69) is 21.3 Å². The normalized spacial score (nSPS) is 13.8. The molecule has 0 aromatic heterocycles. The molecule has 2 atom stereocenters. The maximum atomic E-state index is 13.1. The molecule has 12 heteroatoms. The van der Waals surface area contributed by atoms with Crippen LogP contribution in [-0.2, 0) is 14.8 Å². The number of carbonyl (C=O) groups is 2. The van der Waals surface area contributed by atoms with E-state index in [4.69, 9.17) is 5.73 Å². The minimum absolute atomic E-state index is 0.178. The van der Waals surface area contributed by atoms with Crippen molar-refractivity contribution in [3.63, 3.8) is 0 Å². The summed E-state index contributed by atoms with van der Waals surface area (Å²) in [6, 6.07) is 24.1. The van der Waals surface area contributed by atoms with E-state index in [0.29, 0.717) is 25.3 Å². The molecular weight excluding hydrogens is 653 g/mol. The Balaban J connectivity index is 0.000000305. The van der Waals surface area contributed by atoms with Crippen LogP contribution in [0.4, 0.5) is 10.5 Å². The predicted molar refractivity (Wildman–Crippen MR) is 200 cm³/mol. The van der Waals surface area contributed by atoms with Gasteiger partial charge in [-0.2, -0.15) is 4.31 Å². The van der Waals surface area contributed by atoms with Crippen molar-refractivity contribution in [2.75, 3.05) is 38.5 Å². The summed E-state index contributed by atoms with van der Waals surface area (Å²) in [5.41, 5.74) is 8.98. The molecule has 0 bridgehead atoms. The van der Waals surface area contributed by atoms with Gasteiger partial charge in [0.05, 0.1) is 11.5 Å². The summed E-state index contributed by atoms with van der Waals surface area (Å²) in [7, 11) is -3.61. The van der Waals surface area contributed by atoms with Crippen LogP contribution >= 0.6 is 0 Å². The predicted octanol–water partition coefficient (Wildman–Crippen LogP) is 4.35. The number of aliphatic hydroxyl groups is 1. The van der Waals surface area contributed by atoms with Gasteiger partial charge >= 0.3 is 6.03 Å². The highest BCUT2D eigenvalue weighted by atomic mass is 32.2. The van der Waals surface area contributed by atoms with E-state index in [1.165, 1.54) is 16.4 Å². The van der Waals surface area contributed by atoms with E-state index >= 15 is 0 Å². The van der Waals surface area contributed by atoms with Crippen molar-refractivity contribution in [3.8, 4) is 0 Å². The Hall–Kier alpha value is -4.65. The van der Waals surface area contributed by atoms with Gasteiger partial charge in [-0.1, -0.05) is 93.6 Å². The molecule has 3 aromatic carbocycles. The molecule has 0 saturated carbocycles. The molecule has 1 aliphatic rings. The lowest BCUT2D eigenvalue weighted by Gasteiger charge is -2.28. The highest BCUT2D eigenvalue weighted by molar-refractivity contribution is 7.89. The van der Waals surface area contributed by atoms with Gasteiger partial charge in [0.15, 0.2) is 0 Å². The number of urea groups is 1. The lowest BCUT2D eigenvalue weighted by atomic mass is 9.84. The van der Waals surface area contributed by atoms with Crippen molar-refractivity contribution in [1.82, 2.24) is 25.6 Å². The van der Waals surface area contributed by atoms with E-state index < -0.39 is 22.1 Å². The van der Waals surface area contributed by atoms with Crippen molar-refractivity contribution >= 4 is 27.6 Å². The van der Waals surface area contributed by atoms with Crippen LogP contribution in [0.2, 0.25) is 0 Å². The fourth-order valence-corrected chi connectivity index (χ4v) is 7.08. The number of carbonyl (C=O) groups excluding carboxylic acids is 2. The van der Waals surface area contributed by atoms with E-state index in [1.54, 1.807) is 19.1 Å². The summed E-state index contributed by atoms with van der Waals surface area (Å²) < 4.78 is 26.4. The lowest BCUT2D eigenvalue weighted by Crippen LogP contribution is -2.53. The molecule has 4 rings (SSSR count). The molecule has 7 N–H and O–H groups in total. The van der Waals surface area contributed by atoms with Gasteiger partial charge in [0, 0.05) is 50.0 Å². The molecule has 0 radical (unpaired) electrons. The van der Waals surface area contributed by atoms with Gasteiger partial charge in [-0.25, -0.2) is 13.2 Å². The summed E-state index contributed by atoms with van der Waals surface area (Å²) >= 11 is 0. The van der Waals surface area contributed by atoms with E-state index in [1.807, 2.05) is 99.8 Å². The number of nitrogen functional groups attached to an aromatic ring is 1. The number of nitrogens with zero attached hydrogens (tertiary/aromatic N) is 1. The highest BCUT2D eigenvalue weighted by Gasteiger charge is 2.32. The molecule has 0 spiro atoms. The number of hydrogen-bond donors (Lipinski definition) is 6. The van der Waals surface area contributed by atoms with E-state index in [-0.39, 0.29) is 35.3 Å².